The van der Waals surface area contributed by atoms with Gasteiger partial charge in [0.2, 0.25) is 5.91 Å². The van der Waals surface area contributed by atoms with Crippen LogP contribution in [0.15, 0.2) is 4.79 Å². The number of nitrogens with zero attached hydrogens (tertiary/aromatic N) is 3. The monoisotopic (exact) mass is 345 g/mol. The molecular weight excluding hydrogens is 318 g/mol. The molecule has 1 aliphatic rings. The summed E-state index contributed by atoms with van der Waals surface area (Å²) in [7, 11) is 3.91. The van der Waals surface area contributed by atoms with Crippen LogP contribution in [0.1, 0.15) is 36.1 Å². The van der Waals surface area contributed by atoms with E-state index in [0.717, 1.165) is 35.3 Å². The number of likely N-dealkylation sites (N-methyl/N-ethyl adjacent to an activating group) is 1. The molecule has 1 saturated heterocycles. The number of hydrogen-bond donors (Lipinski definition) is 2. The largest absolute Gasteiger partial charge is 0.355 e. The van der Waals surface area contributed by atoms with E-state index in [-0.39, 0.29) is 11.5 Å². The van der Waals surface area contributed by atoms with Crippen LogP contribution in [-0.2, 0) is 18.3 Å². The molecule has 7 nitrogen and oxygen atoms in total. The normalized spacial score (nSPS) is 18.2. The number of aromatic amines is 1. The van der Waals surface area contributed by atoms with E-state index >= 15 is 0 Å². The van der Waals surface area contributed by atoms with Gasteiger partial charge in [0.15, 0.2) is 0 Å². The second-order valence-corrected chi connectivity index (χ2v) is 7.07. The van der Waals surface area contributed by atoms with Crippen molar-refractivity contribution in [1.29, 1.82) is 0 Å². The van der Waals surface area contributed by atoms with Gasteiger partial charge in [-0.3, -0.25) is 14.3 Å². The summed E-state index contributed by atoms with van der Waals surface area (Å²) in [6, 6.07) is 0.434. The molecule has 1 aliphatic heterocycles. The first-order valence-electron chi connectivity index (χ1n) is 8.90. The molecule has 0 aromatic carbocycles. The Bertz CT molecular complexity index is 851. The number of amides is 1. The number of H-pyrrole nitrogens is 1. The zero-order valence-corrected chi connectivity index (χ0v) is 15.5. The van der Waals surface area contributed by atoms with E-state index < -0.39 is 0 Å². The highest BCUT2D eigenvalue weighted by Gasteiger charge is 2.21. The summed E-state index contributed by atoms with van der Waals surface area (Å²) < 4.78 is 1.69. The molecule has 2 aromatic heterocycles. The van der Waals surface area contributed by atoms with Crippen LogP contribution in [-0.4, -0.2) is 51.8 Å². The van der Waals surface area contributed by atoms with Crippen LogP contribution in [0.3, 0.4) is 0 Å². The number of nitrogens with one attached hydrogen (secondary N) is 2. The van der Waals surface area contributed by atoms with Crippen LogP contribution < -0.4 is 10.9 Å². The lowest BCUT2D eigenvalue weighted by Crippen LogP contribution is -2.38. The number of carbonyl (C=O) groups excluding carboxylic acids is 1. The Labute approximate surface area is 147 Å². The molecule has 0 spiro atoms. The third-order valence-corrected chi connectivity index (χ3v) is 5.36. The molecule has 0 bridgehead atoms. The molecule has 1 fully saturated rings. The van der Waals surface area contributed by atoms with Crippen LogP contribution >= 0.6 is 0 Å². The lowest BCUT2D eigenvalue weighted by atomic mass is 10.0. The molecule has 1 amide bonds. The summed E-state index contributed by atoms with van der Waals surface area (Å²) in [6.45, 7) is 5.65. The first-order chi connectivity index (χ1) is 11.9. The Morgan fingerprint density at radius 2 is 2.12 bits per heavy atom. The minimum atomic E-state index is -0.128. The van der Waals surface area contributed by atoms with Crippen molar-refractivity contribution < 1.29 is 4.79 Å². The molecule has 0 saturated carbocycles. The van der Waals surface area contributed by atoms with Gasteiger partial charge in [0.1, 0.15) is 5.65 Å². The Morgan fingerprint density at radius 1 is 1.36 bits per heavy atom. The van der Waals surface area contributed by atoms with Gasteiger partial charge in [-0.2, -0.15) is 5.10 Å². The third kappa shape index (κ3) is 3.46. The topological polar surface area (TPSA) is 83.0 Å². The number of aryl methyl sites for hydroxylation is 3. The second kappa shape index (κ2) is 7.00. The number of carbonyl (C=O) groups is 1. The van der Waals surface area contributed by atoms with Crippen LogP contribution in [0.4, 0.5) is 0 Å². The predicted molar refractivity (Wildman–Crippen MR) is 97.8 cm³/mol. The second-order valence-electron chi connectivity index (χ2n) is 7.07. The smallest absolute Gasteiger partial charge is 0.253 e. The van der Waals surface area contributed by atoms with Gasteiger partial charge in [0, 0.05) is 37.0 Å². The summed E-state index contributed by atoms with van der Waals surface area (Å²) in [5, 5.41) is 8.36. The van der Waals surface area contributed by atoms with E-state index in [9.17, 15) is 9.59 Å². The summed E-state index contributed by atoms with van der Waals surface area (Å²) in [6.07, 6.45) is 3.09. The number of likely N-dealkylation sites (tertiary alicyclic amines) is 1. The van der Waals surface area contributed by atoms with Gasteiger partial charge in [-0.15, -0.1) is 0 Å². The average Bonchev–Trinajstić information content (AvgIpc) is 3.08. The number of hydrogen-bond acceptors (Lipinski definition) is 4. The fourth-order valence-electron chi connectivity index (χ4n) is 3.85. The Morgan fingerprint density at radius 3 is 2.80 bits per heavy atom. The standard InChI is InChI=1S/C18H27N5O2/c1-11-14(18(25)20-17-16(11)12(2)21-23(17)4)7-8-15(24)19-10-13-6-5-9-22(13)3/h13H,5-10H2,1-4H3,(H,19,24)(H,20,25)/t13-/m1/s1. The van der Waals surface area contributed by atoms with Crippen LogP contribution in [0.25, 0.3) is 11.0 Å². The highest BCUT2D eigenvalue weighted by molar-refractivity contribution is 5.83. The Balaban J connectivity index is 1.67. The molecule has 3 heterocycles. The maximum atomic E-state index is 12.4. The van der Waals surface area contributed by atoms with E-state index in [1.54, 1.807) is 4.68 Å². The summed E-state index contributed by atoms with van der Waals surface area (Å²) in [5.41, 5.74) is 3.10. The molecule has 3 rings (SSSR count). The zero-order chi connectivity index (χ0) is 18.1. The first-order valence-corrected chi connectivity index (χ1v) is 8.90. The molecule has 2 N–H and O–H groups in total. The number of aromatic nitrogens is 3. The molecule has 25 heavy (non-hydrogen) atoms. The first kappa shape index (κ1) is 17.7. The fraction of sp³-hybridized carbons (Fsp3) is 0.611. The average molecular weight is 345 g/mol. The van der Waals surface area contributed by atoms with Crippen LogP contribution in [0, 0.1) is 13.8 Å². The Kier molecular flexibility index (Phi) is 4.94. The van der Waals surface area contributed by atoms with E-state index in [1.165, 1.54) is 6.42 Å². The highest BCUT2D eigenvalue weighted by atomic mass is 16.1. The van der Waals surface area contributed by atoms with Gasteiger partial charge in [-0.25, -0.2) is 0 Å². The van der Waals surface area contributed by atoms with Crippen molar-refractivity contribution >= 4 is 16.9 Å². The molecule has 0 aliphatic carbocycles. The molecular formula is C18H27N5O2. The van der Waals surface area contributed by atoms with E-state index in [2.05, 4.69) is 27.3 Å². The fourth-order valence-corrected chi connectivity index (χ4v) is 3.85. The van der Waals surface area contributed by atoms with Gasteiger partial charge in [-0.1, -0.05) is 0 Å². The van der Waals surface area contributed by atoms with E-state index in [4.69, 9.17) is 0 Å². The minimum Gasteiger partial charge on any atom is -0.355 e. The van der Waals surface area contributed by atoms with Crippen molar-refractivity contribution in [2.45, 2.75) is 45.6 Å². The molecule has 0 unspecified atom stereocenters. The molecule has 7 heteroatoms. The van der Waals surface area contributed by atoms with Crippen molar-refractivity contribution in [2.75, 3.05) is 20.1 Å². The number of rotatable bonds is 5. The maximum absolute atomic E-state index is 12.4. The summed E-state index contributed by atoms with van der Waals surface area (Å²) >= 11 is 0. The molecule has 0 radical (unpaired) electrons. The van der Waals surface area contributed by atoms with Crippen LogP contribution in [0.2, 0.25) is 0 Å². The lowest BCUT2D eigenvalue weighted by Gasteiger charge is -2.19. The molecule has 2 aromatic rings. The van der Waals surface area contributed by atoms with E-state index in [0.29, 0.717) is 31.0 Å². The Hall–Kier alpha value is -2.15. The number of pyridine rings is 1. The van der Waals surface area contributed by atoms with Crippen molar-refractivity contribution in [3.8, 4) is 0 Å². The predicted octanol–water partition coefficient (Wildman–Crippen LogP) is 1.02. The summed E-state index contributed by atoms with van der Waals surface area (Å²) in [5.74, 6) is 0.00195. The third-order valence-electron chi connectivity index (χ3n) is 5.36. The lowest BCUT2D eigenvalue weighted by molar-refractivity contribution is -0.121. The van der Waals surface area contributed by atoms with Crippen molar-refractivity contribution in [2.24, 2.45) is 7.05 Å². The molecule has 136 valence electrons. The van der Waals surface area contributed by atoms with Gasteiger partial charge in [0.25, 0.3) is 5.56 Å². The number of fused-ring (bicyclic) bond motifs is 1. The molecule has 1 atom stereocenters. The van der Waals surface area contributed by atoms with Gasteiger partial charge in [0.05, 0.1) is 5.69 Å². The van der Waals surface area contributed by atoms with Gasteiger partial charge < -0.3 is 15.2 Å². The van der Waals surface area contributed by atoms with Crippen molar-refractivity contribution in [3.05, 3.63) is 27.2 Å². The van der Waals surface area contributed by atoms with Crippen molar-refractivity contribution in [3.63, 3.8) is 0 Å². The van der Waals surface area contributed by atoms with Crippen LogP contribution in [0.5, 0.6) is 0 Å². The zero-order valence-electron chi connectivity index (χ0n) is 15.5. The van der Waals surface area contributed by atoms with Crippen molar-refractivity contribution in [1.82, 2.24) is 25.0 Å². The van der Waals surface area contributed by atoms with E-state index in [1.807, 2.05) is 20.9 Å². The highest BCUT2D eigenvalue weighted by Crippen LogP contribution is 2.21. The summed E-state index contributed by atoms with van der Waals surface area (Å²) in [4.78, 5) is 29.8. The SMILES string of the molecule is Cc1nn(C)c2[nH]c(=O)c(CCC(=O)NC[C@H]3CCCN3C)c(C)c12. The minimum absolute atomic E-state index is 0.00195. The van der Waals surface area contributed by atoms with Gasteiger partial charge >= 0.3 is 0 Å². The quantitative estimate of drug-likeness (QED) is 0.848. The maximum Gasteiger partial charge on any atom is 0.253 e. The van der Waals surface area contributed by atoms with Gasteiger partial charge in [-0.05, 0) is 52.3 Å².